The minimum Gasteiger partial charge on any atom is -0.465 e. The number of nitrogens with zero attached hydrogens (tertiary/aromatic N) is 1. The molecule has 2 N–H and O–H groups in total. The lowest BCUT2D eigenvalue weighted by atomic mass is 9.84. The first-order valence-corrected chi connectivity index (χ1v) is 6.56. The number of hydrogen-bond donors (Lipinski definition) is 2. The molecule has 0 spiro atoms. The Labute approximate surface area is 109 Å². The van der Waals surface area contributed by atoms with Crippen LogP contribution >= 0.6 is 0 Å². The van der Waals surface area contributed by atoms with Crippen molar-refractivity contribution >= 4 is 18.0 Å². The first-order chi connectivity index (χ1) is 9.06. The van der Waals surface area contributed by atoms with Crippen molar-refractivity contribution in [1.29, 1.82) is 0 Å². The topological polar surface area (TPSA) is 95.9 Å². The summed E-state index contributed by atoms with van der Waals surface area (Å²) in [6.45, 7) is 0.503. The van der Waals surface area contributed by atoms with Crippen LogP contribution in [-0.2, 0) is 14.3 Å². The number of likely N-dealkylation sites (tertiary alicyclic amines) is 1. The Morgan fingerprint density at radius 1 is 1.32 bits per heavy atom. The number of carbonyl (C=O) groups excluding carboxylic acids is 2. The van der Waals surface area contributed by atoms with Gasteiger partial charge in [-0.2, -0.15) is 0 Å². The molecule has 0 aromatic carbocycles. The van der Waals surface area contributed by atoms with Crippen LogP contribution in [0.15, 0.2) is 0 Å². The summed E-state index contributed by atoms with van der Waals surface area (Å²) in [6.07, 6.45) is 1.51. The molecule has 4 atom stereocenters. The van der Waals surface area contributed by atoms with Crippen LogP contribution < -0.4 is 5.32 Å². The van der Waals surface area contributed by atoms with E-state index in [1.807, 2.05) is 0 Å². The normalized spacial score (nSPS) is 37.4. The molecule has 2 amide bonds. The van der Waals surface area contributed by atoms with Crippen molar-refractivity contribution < 1.29 is 24.2 Å². The first kappa shape index (κ1) is 12.3. The molecule has 0 radical (unpaired) electrons. The molecule has 1 saturated carbocycles. The molecule has 19 heavy (non-hydrogen) atoms. The maximum absolute atomic E-state index is 12.2. The van der Waals surface area contributed by atoms with Crippen molar-refractivity contribution in [3.63, 3.8) is 0 Å². The molecule has 0 aromatic heterocycles. The second kappa shape index (κ2) is 4.40. The van der Waals surface area contributed by atoms with Crippen LogP contribution in [0.2, 0.25) is 0 Å². The summed E-state index contributed by atoms with van der Waals surface area (Å²) in [5.74, 6) is -0.660. The van der Waals surface area contributed by atoms with Gasteiger partial charge in [-0.05, 0) is 25.7 Å². The van der Waals surface area contributed by atoms with E-state index in [4.69, 9.17) is 9.84 Å². The summed E-state index contributed by atoms with van der Waals surface area (Å²) in [7, 11) is 0. The molecule has 2 aliphatic heterocycles. The van der Waals surface area contributed by atoms with Gasteiger partial charge in [0.2, 0.25) is 5.91 Å². The van der Waals surface area contributed by atoms with Gasteiger partial charge in [0, 0.05) is 12.6 Å². The lowest BCUT2D eigenvalue weighted by Crippen LogP contribution is -2.48. The zero-order chi connectivity index (χ0) is 13.6. The smallest absolute Gasteiger partial charge is 0.405 e. The lowest BCUT2D eigenvalue weighted by molar-refractivity contribution is -0.145. The van der Waals surface area contributed by atoms with Crippen molar-refractivity contribution in [2.45, 2.75) is 43.9 Å². The zero-order valence-electron chi connectivity index (χ0n) is 10.4. The van der Waals surface area contributed by atoms with Gasteiger partial charge < -0.3 is 20.1 Å². The molecule has 2 saturated heterocycles. The highest BCUT2D eigenvalue weighted by molar-refractivity contribution is 5.88. The number of carboxylic acid groups (broad SMARTS) is 1. The highest BCUT2D eigenvalue weighted by atomic mass is 16.6. The molecule has 3 fully saturated rings. The van der Waals surface area contributed by atoms with Crippen molar-refractivity contribution in [2.75, 3.05) is 6.54 Å². The van der Waals surface area contributed by atoms with Crippen molar-refractivity contribution in [1.82, 2.24) is 10.2 Å². The predicted octanol–water partition coefficient (Wildman–Crippen LogP) is -0.0510. The number of ether oxygens (including phenoxy) is 1. The monoisotopic (exact) mass is 268 g/mol. The van der Waals surface area contributed by atoms with Crippen LogP contribution in [0.1, 0.15) is 25.7 Å². The Bertz CT molecular complexity index is 438. The fourth-order valence-electron chi connectivity index (χ4n) is 3.42. The maximum Gasteiger partial charge on any atom is 0.405 e. The molecular weight excluding hydrogens is 252 g/mol. The third-order valence-electron chi connectivity index (χ3n) is 4.29. The lowest BCUT2D eigenvalue weighted by Gasteiger charge is -2.33. The van der Waals surface area contributed by atoms with Gasteiger partial charge >= 0.3 is 12.1 Å². The summed E-state index contributed by atoms with van der Waals surface area (Å²) in [4.78, 5) is 36.2. The van der Waals surface area contributed by atoms with Gasteiger partial charge in [0.15, 0.2) is 0 Å². The second-order valence-electron chi connectivity index (χ2n) is 5.37. The summed E-state index contributed by atoms with van der Waals surface area (Å²) in [5.41, 5.74) is 0. The fraction of sp³-hybridized carbons (Fsp3) is 0.750. The van der Waals surface area contributed by atoms with E-state index in [1.165, 1.54) is 0 Å². The van der Waals surface area contributed by atoms with Gasteiger partial charge in [-0.15, -0.1) is 0 Å². The number of hydrogen-bond acceptors (Lipinski definition) is 4. The number of carbonyl (C=O) groups is 3. The van der Waals surface area contributed by atoms with Crippen molar-refractivity contribution in [2.24, 2.45) is 5.92 Å². The molecule has 3 rings (SSSR count). The van der Waals surface area contributed by atoms with E-state index in [1.54, 1.807) is 4.90 Å². The third kappa shape index (κ3) is 2.02. The molecule has 2 bridgehead atoms. The minimum absolute atomic E-state index is 0.0133. The molecule has 3 aliphatic rings. The van der Waals surface area contributed by atoms with Gasteiger partial charge in [-0.25, -0.2) is 4.79 Å². The van der Waals surface area contributed by atoms with Crippen molar-refractivity contribution in [3.8, 4) is 0 Å². The minimum atomic E-state index is -1.19. The van der Waals surface area contributed by atoms with Crippen molar-refractivity contribution in [3.05, 3.63) is 0 Å². The number of esters is 1. The summed E-state index contributed by atoms with van der Waals surface area (Å²) in [6, 6.07) is -0.799. The molecule has 1 aliphatic carbocycles. The van der Waals surface area contributed by atoms with Crippen LogP contribution in [0, 0.1) is 5.92 Å². The number of amides is 2. The van der Waals surface area contributed by atoms with E-state index in [0.29, 0.717) is 19.4 Å². The average Bonchev–Trinajstić information content (AvgIpc) is 2.84. The van der Waals surface area contributed by atoms with Gasteiger partial charge in [-0.3, -0.25) is 9.59 Å². The van der Waals surface area contributed by atoms with E-state index in [9.17, 15) is 14.4 Å². The standard InChI is InChI=1S/C12H16N2O5/c15-10-8(13-12(17)18)3-4-14(10)9-2-1-6-5-7(9)11(16)19-6/h6-9,13H,1-5H2,(H,17,18)/t6-,7+,8+,9+/m1/s1. The summed E-state index contributed by atoms with van der Waals surface area (Å²) < 4.78 is 5.22. The zero-order valence-corrected chi connectivity index (χ0v) is 10.4. The highest BCUT2D eigenvalue weighted by Gasteiger charge is 2.49. The van der Waals surface area contributed by atoms with E-state index in [2.05, 4.69) is 5.32 Å². The van der Waals surface area contributed by atoms with Gasteiger partial charge in [0.25, 0.3) is 0 Å². The average molecular weight is 268 g/mol. The van der Waals surface area contributed by atoms with Gasteiger partial charge in [0.1, 0.15) is 12.1 Å². The number of rotatable bonds is 2. The van der Waals surface area contributed by atoms with Crippen LogP contribution in [0.4, 0.5) is 4.79 Å². The Morgan fingerprint density at radius 2 is 2.11 bits per heavy atom. The maximum atomic E-state index is 12.2. The highest BCUT2D eigenvalue weighted by Crippen LogP contribution is 2.38. The molecule has 2 heterocycles. The van der Waals surface area contributed by atoms with Gasteiger partial charge in [0.05, 0.1) is 5.92 Å². The van der Waals surface area contributed by atoms with Crippen LogP contribution in [0.5, 0.6) is 0 Å². The quantitative estimate of drug-likeness (QED) is 0.684. The largest absolute Gasteiger partial charge is 0.465 e. The number of fused-ring (bicyclic) bond motifs is 2. The molecule has 0 unspecified atom stereocenters. The van der Waals surface area contributed by atoms with E-state index in [0.717, 1.165) is 12.8 Å². The summed E-state index contributed by atoms with van der Waals surface area (Å²) >= 11 is 0. The molecule has 104 valence electrons. The van der Waals surface area contributed by atoms with Crippen LogP contribution in [-0.4, -0.2) is 52.7 Å². The predicted molar refractivity (Wildman–Crippen MR) is 62.3 cm³/mol. The van der Waals surface area contributed by atoms with E-state index >= 15 is 0 Å². The first-order valence-electron chi connectivity index (χ1n) is 6.56. The SMILES string of the molecule is O=C(O)N[C@H]1CCN([C@H]2CC[C@@H]3C[C@@H]2C(=O)O3)C1=O. The Balaban J connectivity index is 1.71. The van der Waals surface area contributed by atoms with E-state index in [-0.39, 0.29) is 29.9 Å². The molecule has 7 heteroatoms. The second-order valence-corrected chi connectivity index (χ2v) is 5.37. The van der Waals surface area contributed by atoms with Crippen LogP contribution in [0.25, 0.3) is 0 Å². The Morgan fingerprint density at radius 3 is 2.84 bits per heavy atom. The van der Waals surface area contributed by atoms with E-state index < -0.39 is 12.1 Å². The Hall–Kier alpha value is -1.79. The van der Waals surface area contributed by atoms with Crippen LogP contribution in [0.3, 0.4) is 0 Å². The van der Waals surface area contributed by atoms with Gasteiger partial charge in [-0.1, -0.05) is 0 Å². The fourth-order valence-corrected chi connectivity index (χ4v) is 3.42. The third-order valence-corrected chi connectivity index (χ3v) is 4.29. The summed E-state index contributed by atoms with van der Waals surface area (Å²) in [5, 5.41) is 10.9. The molecule has 7 nitrogen and oxygen atoms in total. The Kier molecular flexibility index (Phi) is 2.83. The number of nitrogens with one attached hydrogen (secondary N) is 1. The molecule has 0 aromatic rings. The molecular formula is C12H16N2O5.